The van der Waals surface area contributed by atoms with E-state index in [1.807, 2.05) is 6.92 Å². The summed E-state index contributed by atoms with van der Waals surface area (Å²) in [6, 6.07) is 12.3. The third-order valence-electron chi connectivity index (χ3n) is 5.78. The number of fused-ring (bicyclic) bond motifs is 1. The van der Waals surface area contributed by atoms with Crippen LogP contribution in [-0.4, -0.2) is 62.1 Å². The Morgan fingerprint density at radius 2 is 1.68 bits per heavy atom. The molecule has 9 nitrogen and oxygen atoms in total. The zero-order valence-corrected chi connectivity index (χ0v) is 19.6. The molecular weight excluding hydrogens is 460 g/mol. The number of sulfonamides is 1. The molecule has 1 aliphatic heterocycles. The second kappa shape index (κ2) is 9.40. The first kappa shape index (κ1) is 23.7. The second-order valence-electron chi connectivity index (χ2n) is 8.06. The van der Waals surface area contributed by atoms with Gasteiger partial charge in [-0.1, -0.05) is 12.1 Å². The van der Waals surface area contributed by atoms with Gasteiger partial charge < -0.3 is 14.1 Å². The molecular formula is C24H24N2O7S. The number of hydrogen-bond acceptors (Lipinski definition) is 7. The van der Waals surface area contributed by atoms with Crippen molar-refractivity contribution in [2.24, 2.45) is 0 Å². The summed E-state index contributed by atoms with van der Waals surface area (Å²) in [6.45, 7) is 3.79. The zero-order chi connectivity index (χ0) is 24.5. The number of nitrogens with zero attached hydrogens (tertiary/aromatic N) is 2. The van der Waals surface area contributed by atoms with Crippen molar-refractivity contribution >= 4 is 32.7 Å². The smallest absolute Gasteiger partial charge is 0.336 e. The summed E-state index contributed by atoms with van der Waals surface area (Å²) in [5.74, 6) is -0.0138. The highest BCUT2D eigenvalue weighted by Crippen LogP contribution is 2.23. The maximum Gasteiger partial charge on any atom is 0.336 e. The molecule has 1 aromatic heterocycles. The van der Waals surface area contributed by atoms with Gasteiger partial charge in [-0.3, -0.25) is 9.59 Å². The maximum absolute atomic E-state index is 12.9. The van der Waals surface area contributed by atoms with Crippen LogP contribution in [0.5, 0.6) is 5.75 Å². The number of rotatable bonds is 6. The van der Waals surface area contributed by atoms with Gasteiger partial charge in [-0.2, -0.15) is 4.31 Å². The summed E-state index contributed by atoms with van der Waals surface area (Å²) in [6.07, 6.45) is 0. The molecule has 1 fully saturated rings. The summed E-state index contributed by atoms with van der Waals surface area (Å²) in [5, 5.41) is 0.784. The summed E-state index contributed by atoms with van der Waals surface area (Å²) >= 11 is 0. The lowest BCUT2D eigenvalue weighted by atomic mass is 10.1. The average molecular weight is 485 g/mol. The van der Waals surface area contributed by atoms with Crippen molar-refractivity contribution in [2.45, 2.75) is 18.7 Å². The van der Waals surface area contributed by atoms with Gasteiger partial charge in [-0.05, 0) is 43.7 Å². The fourth-order valence-electron chi connectivity index (χ4n) is 3.82. The minimum Gasteiger partial charge on any atom is -0.484 e. The van der Waals surface area contributed by atoms with E-state index in [-0.39, 0.29) is 49.4 Å². The van der Waals surface area contributed by atoms with Gasteiger partial charge in [-0.25, -0.2) is 13.2 Å². The molecule has 0 N–H and O–H groups in total. The first-order chi connectivity index (χ1) is 16.1. The Bertz CT molecular complexity index is 1400. The standard InChI is InChI=1S/C24H24N2O7S/c1-16-13-24(29)33-22-14-19(5-8-21(16)22)32-15-23(28)25-9-11-26(12-10-25)34(30,31)20-6-3-18(4-7-20)17(2)27/h3-8,13-14H,9-12,15H2,1-2H3. The van der Waals surface area contributed by atoms with E-state index in [1.165, 1.54) is 41.6 Å². The summed E-state index contributed by atoms with van der Waals surface area (Å²) in [4.78, 5) is 37.3. The molecule has 178 valence electrons. The number of ether oxygens (including phenoxy) is 1. The van der Waals surface area contributed by atoms with Crippen LogP contribution in [0, 0.1) is 6.92 Å². The lowest BCUT2D eigenvalue weighted by Crippen LogP contribution is -2.51. The number of ketones is 1. The fourth-order valence-corrected chi connectivity index (χ4v) is 5.24. The van der Waals surface area contributed by atoms with Crippen LogP contribution < -0.4 is 10.4 Å². The summed E-state index contributed by atoms with van der Waals surface area (Å²) in [5.41, 5.74) is 1.15. The van der Waals surface area contributed by atoms with Crippen molar-refractivity contribution in [3.05, 3.63) is 70.1 Å². The van der Waals surface area contributed by atoms with Crippen molar-refractivity contribution in [3.8, 4) is 5.75 Å². The molecule has 1 saturated heterocycles. The van der Waals surface area contributed by atoms with E-state index in [9.17, 15) is 22.8 Å². The van der Waals surface area contributed by atoms with Crippen LogP contribution in [0.2, 0.25) is 0 Å². The zero-order valence-electron chi connectivity index (χ0n) is 18.8. The molecule has 1 aliphatic rings. The second-order valence-corrected chi connectivity index (χ2v) is 10.00. The third kappa shape index (κ3) is 4.87. The molecule has 10 heteroatoms. The molecule has 0 saturated carbocycles. The van der Waals surface area contributed by atoms with E-state index in [4.69, 9.17) is 9.15 Å². The SMILES string of the molecule is CC(=O)c1ccc(S(=O)(=O)N2CCN(C(=O)COc3ccc4c(C)cc(=O)oc4c3)CC2)cc1. The highest BCUT2D eigenvalue weighted by atomic mass is 32.2. The molecule has 4 rings (SSSR count). The van der Waals surface area contributed by atoms with Crippen LogP contribution in [0.15, 0.2) is 62.6 Å². The van der Waals surface area contributed by atoms with E-state index in [0.717, 1.165) is 10.9 Å². The Morgan fingerprint density at radius 1 is 1.00 bits per heavy atom. The van der Waals surface area contributed by atoms with E-state index in [1.54, 1.807) is 23.1 Å². The van der Waals surface area contributed by atoms with Crippen LogP contribution in [-0.2, 0) is 14.8 Å². The Hall–Kier alpha value is -3.50. The van der Waals surface area contributed by atoms with Crippen LogP contribution in [0.3, 0.4) is 0 Å². The molecule has 2 heterocycles. The molecule has 0 spiro atoms. The minimum absolute atomic E-state index is 0.110. The first-order valence-electron chi connectivity index (χ1n) is 10.7. The van der Waals surface area contributed by atoms with Gasteiger partial charge in [0.15, 0.2) is 12.4 Å². The fraction of sp³-hybridized carbons (Fsp3) is 0.292. The molecule has 34 heavy (non-hydrogen) atoms. The van der Waals surface area contributed by atoms with E-state index in [0.29, 0.717) is 16.9 Å². The van der Waals surface area contributed by atoms with Gasteiger partial charge in [0.1, 0.15) is 11.3 Å². The van der Waals surface area contributed by atoms with Gasteiger partial charge >= 0.3 is 5.63 Å². The predicted molar refractivity (Wildman–Crippen MR) is 125 cm³/mol. The Kier molecular flexibility index (Phi) is 6.54. The quantitative estimate of drug-likeness (QED) is 0.389. The molecule has 2 aromatic carbocycles. The topological polar surface area (TPSA) is 114 Å². The van der Waals surface area contributed by atoms with Crippen LogP contribution in [0.1, 0.15) is 22.8 Å². The van der Waals surface area contributed by atoms with Crippen molar-refractivity contribution in [2.75, 3.05) is 32.8 Å². The van der Waals surface area contributed by atoms with Gasteiger partial charge in [0, 0.05) is 49.3 Å². The number of benzene rings is 2. The highest BCUT2D eigenvalue weighted by Gasteiger charge is 2.30. The number of Topliss-reactive ketones (excluding diaryl/α,β-unsaturated/α-hetero) is 1. The Labute approximate surface area is 196 Å². The number of amides is 1. The summed E-state index contributed by atoms with van der Waals surface area (Å²) < 4.78 is 37.9. The maximum atomic E-state index is 12.9. The summed E-state index contributed by atoms with van der Waals surface area (Å²) in [7, 11) is -3.72. The molecule has 0 atom stereocenters. The third-order valence-corrected chi connectivity index (χ3v) is 7.69. The molecule has 0 bridgehead atoms. The van der Waals surface area contributed by atoms with Crippen molar-refractivity contribution in [1.82, 2.24) is 9.21 Å². The van der Waals surface area contributed by atoms with Gasteiger partial charge in [0.25, 0.3) is 5.91 Å². The molecule has 1 amide bonds. The van der Waals surface area contributed by atoms with Crippen molar-refractivity contribution < 1.29 is 27.2 Å². The Morgan fingerprint density at radius 3 is 2.32 bits per heavy atom. The number of aryl methyl sites for hydroxylation is 1. The lowest BCUT2D eigenvalue weighted by Gasteiger charge is -2.34. The number of carbonyl (C=O) groups is 2. The monoisotopic (exact) mass is 484 g/mol. The Balaban J connectivity index is 1.35. The molecule has 0 aliphatic carbocycles. The predicted octanol–water partition coefficient (Wildman–Crippen LogP) is 2.22. The van der Waals surface area contributed by atoms with Gasteiger partial charge in [-0.15, -0.1) is 0 Å². The minimum atomic E-state index is -3.72. The van der Waals surface area contributed by atoms with Gasteiger partial charge in [0.2, 0.25) is 10.0 Å². The van der Waals surface area contributed by atoms with Crippen molar-refractivity contribution in [3.63, 3.8) is 0 Å². The molecule has 0 radical (unpaired) electrons. The van der Waals surface area contributed by atoms with Crippen LogP contribution in [0.4, 0.5) is 0 Å². The number of carbonyl (C=O) groups excluding carboxylic acids is 2. The largest absolute Gasteiger partial charge is 0.484 e. The van der Waals surface area contributed by atoms with E-state index < -0.39 is 15.6 Å². The lowest BCUT2D eigenvalue weighted by molar-refractivity contribution is -0.134. The van der Waals surface area contributed by atoms with Crippen molar-refractivity contribution in [1.29, 1.82) is 0 Å². The normalized spacial score (nSPS) is 14.8. The van der Waals surface area contributed by atoms with E-state index >= 15 is 0 Å². The number of hydrogen-bond donors (Lipinski definition) is 0. The highest BCUT2D eigenvalue weighted by molar-refractivity contribution is 7.89. The molecule has 0 unspecified atom stereocenters. The average Bonchev–Trinajstić information content (AvgIpc) is 2.82. The molecule has 3 aromatic rings. The van der Waals surface area contributed by atoms with Gasteiger partial charge in [0.05, 0.1) is 4.90 Å². The number of piperazine rings is 1. The van der Waals surface area contributed by atoms with E-state index in [2.05, 4.69) is 0 Å². The van der Waals surface area contributed by atoms with Crippen LogP contribution in [0.25, 0.3) is 11.0 Å². The van der Waals surface area contributed by atoms with Crippen LogP contribution >= 0.6 is 0 Å². The first-order valence-corrected chi connectivity index (χ1v) is 12.2.